The third kappa shape index (κ3) is 4.46. The Labute approximate surface area is 97.4 Å². The summed E-state index contributed by atoms with van der Waals surface area (Å²) in [6, 6.07) is 5.01. The van der Waals surface area contributed by atoms with Crippen LogP contribution >= 0.6 is 0 Å². The first-order valence-corrected chi connectivity index (χ1v) is 5.25. The topological polar surface area (TPSA) is 26.3 Å². The lowest BCUT2D eigenvalue weighted by Gasteiger charge is -2.08. The SMILES string of the molecule is CCC(=O)OCCc1cccc(C(F)(F)F)c1. The van der Waals surface area contributed by atoms with Gasteiger partial charge in [0.25, 0.3) is 0 Å². The molecule has 17 heavy (non-hydrogen) atoms. The van der Waals surface area contributed by atoms with Crippen molar-refractivity contribution in [2.75, 3.05) is 6.61 Å². The summed E-state index contributed by atoms with van der Waals surface area (Å²) in [5, 5.41) is 0. The molecule has 0 saturated carbocycles. The van der Waals surface area contributed by atoms with Crippen LogP contribution in [-0.2, 0) is 22.1 Å². The highest BCUT2D eigenvalue weighted by Crippen LogP contribution is 2.29. The summed E-state index contributed by atoms with van der Waals surface area (Å²) >= 11 is 0. The van der Waals surface area contributed by atoms with Crippen molar-refractivity contribution in [1.82, 2.24) is 0 Å². The molecule has 1 rings (SSSR count). The van der Waals surface area contributed by atoms with Gasteiger partial charge in [0.2, 0.25) is 0 Å². The predicted molar refractivity (Wildman–Crippen MR) is 56.4 cm³/mol. The zero-order chi connectivity index (χ0) is 12.9. The maximum absolute atomic E-state index is 12.4. The molecule has 0 bridgehead atoms. The van der Waals surface area contributed by atoms with E-state index < -0.39 is 11.7 Å². The van der Waals surface area contributed by atoms with E-state index in [2.05, 4.69) is 0 Å². The molecule has 0 aromatic heterocycles. The number of halogens is 3. The Balaban J connectivity index is 2.58. The van der Waals surface area contributed by atoms with Gasteiger partial charge < -0.3 is 4.74 Å². The van der Waals surface area contributed by atoms with Crippen molar-refractivity contribution in [1.29, 1.82) is 0 Å². The molecule has 5 heteroatoms. The quantitative estimate of drug-likeness (QED) is 0.762. The molecule has 0 aliphatic heterocycles. The first-order valence-electron chi connectivity index (χ1n) is 5.25. The van der Waals surface area contributed by atoms with Gasteiger partial charge in [-0.05, 0) is 11.6 Å². The number of carbonyl (C=O) groups is 1. The molecular weight excluding hydrogens is 233 g/mol. The van der Waals surface area contributed by atoms with Crippen LogP contribution < -0.4 is 0 Å². The maximum atomic E-state index is 12.4. The van der Waals surface area contributed by atoms with Crippen LogP contribution in [0.4, 0.5) is 13.2 Å². The third-order valence-corrected chi connectivity index (χ3v) is 2.20. The van der Waals surface area contributed by atoms with Gasteiger partial charge in [-0.15, -0.1) is 0 Å². The standard InChI is InChI=1S/C12H13F3O2/c1-2-11(16)17-7-6-9-4-3-5-10(8-9)12(13,14)15/h3-5,8H,2,6-7H2,1H3. The second kappa shape index (κ2) is 5.70. The summed E-state index contributed by atoms with van der Waals surface area (Å²) in [7, 11) is 0. The van der Waals surface area contributed by atoms with Crippen molar-refractivity contribution in [2.45, 2.75) is 25.9 Å². The van der Waals surface area contributed by atoms with Crippen LogP contribution in [0.3, 0.4) is 0 Å². The van der Waals surface area contributed by atoms with Gasteiger partial charge in [0.05, 0.1) is 12.2 Å². The van der Waals surface area contributed by atoms with E-state index in [1.54, 1.807) is 13.0 Å². The van der Waals surface area contributed by atoms with E-state index in [0.29, 0.717) is 5.56 Å². The molecule has 0 saturated heterocycles. The summed E-state index contributed by atoms with van der Waals surface area (Å²) < 4.78 is 42.0. The molecule has 0 aliphatic rings. The molecule has 94 valence electrons. The lowest BCUT2D eigenvalue weighted by Crippen LogP contribution is -2.08. The van der Waals surface area contributed by atoms with Gasteiger partial charge in [0.15, 0.2) is 0 Å². The Morgan fingerprint density at radius 2 is 2.06 bits per heavy atom. The first-order chi connectivity index (χ1) is 7.93. The zero-order valence-electron chi connectivity index (χ0n) is 9.38. The summed E-state index contributed by atoms with van der Waals surface area (Å²) in [5.74, 6) is -0.350. The van der Waals surface area contributed by atoms with E-state index in [-0.39, 0.29) is 25.4 Å². The number of ether oxygens (including phenoxy) is 1. The van der Waals surface area contributed by atoms with Crippen LogP contribution in [0.5, 0.6) is 0 Å². The third-order valence-electron chi connectivity index (χ3n) is 2.20. The molecule has 0 heterocycles. The molecule has 0 amide bonds. The fourth-order valence-corrected chi connectivity index (χ4v) is 1.29. The van der Waals surface area contributed by atoms with Gasteiger partial charge in [0, 0.05) is 12.8 Å². The highest BCUT2D eigenvalue weighted by Gasteiger charge is 2.30. The lowest BCUT2D eigenvalue weighted by atomic mass is 10.1. The molecule has 0 spiro atoms. The number of alkyl halides is 3. The lowest BCUT2D eigenvalue weighted by molar-refractivity contribution is -0.143. The van der Waals surface area contributed by atoms with Crippen molar-refractivity contribution < 1.29 is 22.7 Å². The molecule has 0 atom stereocenters. The number of hydrogen-bond donors (Lipinski definition) is 0. The number of hydrogen-bond acceptors (Lipinski definition) is 2. The maximum Gasteiger partial charge on any atom is 0.416 e. The second-order valence-electron chi connectivity index (χ2n) is 3.52. The Hall–Kier alpha value is -1.52. The molecule has 0 aliphatic carbocycles. The van der Waals surface area contributed by atoms with Gasteiger partial charge in [-0.1, -0.05) is 25.1 Å². The monoisotopic (exact) mass is 246 g/mol. The van der Waals surface area contributed by atoms with E-state index in [1.165, 1.54) is 6.07 Å². The van der Waals surface area contributed by atoms with E-state index in [0.717, 1.165) is 12.1 Å². The summed E-state index contributed by atoms with van der Waals surface area (Å²) in [4.78, 5) is 10.8. The number of rotatable bonds is 4. The minimum Gasteiger partial charge on any atom is -0.465 e. The summed E-state index contributed by atoms with van der Waals surface area (Å²) in [5.41, 5.74) is -0.180. The Morgan fingerprint density at radius 1 is 1.35 bits per heavy atom. The minimum atomic E-state index is -4.34. The molecular formula is C12H13F3O2. The van der Waals surface area contributed by atoms with Crippen LogP contribution in [0.1, 0.15) is 24.5 Å². The van der Waals surface area contributed by atoms with Crippen LogP contribution in [0.25, 0.3) is 0 Å². The van der Waals surface area contributed by atoms with Crippen molar-refractivity contribution in [3.05, 3.63) is 35.4 Å². The van der Waals surface area contributed by atoms with E-state index in [9.17, 15) is 18.0 Å². The molecule has 0 fully saturated rings. The fourth-order valence-electron chi connectivity index (χ4n) is 1.29. The number of benzene rings is 1. The van der Waals surface area contributed by atoms with Gasteiger partial charge in [-0.25, -0.2) is 0 Å². The van der Waals surface area contributed by atoms with Gasteiger partial charge in [-0.3, -0.25) is 4.79 Å². The van der Waals surface area contributed by atoms with E-state index >= 15 is 0 Å². The van der Waals surface area contributed by atoms with Crippen molar-refractivity contribution in [3.8, 4) is 0 Å². The molecule has 0 N–H and O–H groups in total. The Morgan fingerprint density at radius 3 is 2.65 bits per heavy atom. The second-order valence-corrected chi connectivity index (χ2v) is 3.52. The molecule has 1 aromatic carbocycles. The van der Waals surface area contributed by atoms with Crippen molar-refractivity contribution in [3.63, 3.8) is 0 Å². The smallest absolute Gasteiger partial charge is 0.416 e. The Bertz CT molecular complexity index is 386. The van der Waals surface area contributed by atoms with Crippen LogP contribution in [0, 0.1) is 0 Å². The predicted octanol–water partition coefficient (Wildman–Crippen LogP) is 3.20. The van der Waals surface area contributed by atoms with Gasteiger partial charge in [0.1, 0.15) is 0 Å². The fraction of sp³-hybridized carbons (Fsp3) is 0.417. The Kier molecular flexibility index (Phi) is 4.54. The number of esters is 1. The average Bonchev–Trinajstić information content (AvgIpc) is 2.28. The van der Waals surface area contributed by atoms with Gasteiger partial charge >= 0.3 is 12.1 Å². The molecule has 1 aromatic rings. The molecule has 0 unspecified atom stereocenters. The number of carbonyl (C=O) groups excluding carboxylic acids is 1. The normalized spacial score (nSPS) is 11.3. The van der Waals surface area contributed by atoms with Crippen LogP contribution in [0.15, 0.2) is 24.3 Å². The van der Waals surface area contributed by atoms with Crippen molar-refractivity contribution in [2.24, 2.45) is 0 Å². The van der Waals surface area contributed by atoms with Crippen LogP contribution in [-0.4, -0.2) is 12.6 Å². The first kappa shape index (κ1) is 13.5. The van der Waals surface area contributed by atoms with Crippen LogP contribution in [0.2, 0.25) is 0 Å². The molecule has 2 nitrogen and oxygen atoms in total. The van der Waals surface area contributed by atoms with Crippen molar-refractivity contribution >= 4 is 5.97 Å². The van der Waals surface area contributed by atoms with E-state index in [1.807, 2.05) is 0 Å². The zero-order valence-corrected chi connectivity index (χ0v) is 9.38. The minimum absolute atomic E-state index is 0.105. The van der Waals surface area contributed by atoms with E-state index in [4.69, 9.17) is 4.74 Å². The summed E-state index contributed by atoms with van der Waals surface area (Å²) in [6.07, 6.45) is -3.78. The average molecular weight is 246 g/mol. The highest BCUT2D eigenvalue weighted by atomic mass is 19.4. The van der Waals surface area contributed by atoms with Gasteiger partial charge in [-0.2, -0.15) is 13.2 Å². The summed E-state index contributed by atoms with van der Waals surface area (Å²) in [6.45, 7) is 1.76. The largest absolute Gasteiger partial charge is 0.465 e. The highest BCUT2D eigenvalue weighted by molar-refractivity contribution is 5.68. The molecule has 0 radical (unpaired) electrons.